The maximum atomic E-state index is 13.3. The lowest BCUT2D eigenvalue weighted by Crippen LogP contribution is -2.48. The van der Waals surface area contributed by atoms with Crippen LogP contribution in [0.1, 0.15) is 30.1 Å². The molecule has 108 valence electrons. The number of esters is 1. The van der Waals surface area contributed by atoms with Crippen molar-refractivity contribution in [3.63, 3.8) is 0 Å². The zero-order valence-corrected chi connectivity index (χ0v) is 11.5. The minimum Gasteiger partial charge on any atom is -0.465 e. The van der Waals surface area contributed by atoms with Crippen LogP contribution in [-0.2, 0) is 9.53 Å². The molecule has 0 radical (unpaired) electrons. The van der Waals surface area contributed by atoms with E-state index >= 15 is 0 Å². The summed E-state index contributed by atoms with van der Waals surface area (Å²) in [4.78, 5) is 23.9. The van der Waals surface area contributed by atoms with E-state index in [9.17, 15) is 14.0 Å². The van der Waals surface area contributed by atoms with Crippen molar-refractivity contribution in [3.05, 3.63) is 29.6 Å². The third-order valence-electron chi connectivity index (χ3n) is 3.50. The smallest absolute Gasteiger partial charge is 0.339 e. The van der Waals surface area contributed by atoms with Crippen molar-refractivity contribution in [1.82, 2.24) is 5.32 Å². The van der Waals surface area contributed by atoms with Crippen LogP contribution in [0, 0.1) is 5.82 Å². The van der Waals surface area contributed by atoms with Gasteiger partial charge in [-0.15, -0.1) is 0 Å². The largest absolute Gasteiger partial charge is 0.465 e. The summed E-state index contributed by atoms with van der Waals surface area (Å²) in [5.74, 6) is -1.44. The molecule has 2 N–H and O–H groups in total. The molecule has 1 aliphatic rings. The summed E-state index contributed by atoms with van der Waals surface area (Å²) < 4.78 is 17.9. The average Bonchev–Trinajstić information content (AvgIpc) is 2.86. The van der Waals surface area contributed by atoms with Gasteiger partial charge in [0, 0.05) is 0 Å². The molecule has 2 rings (SSSR count). The Morgan fingerprint density at radius 1 is 1.45 bits per heavy atom. The van der Waals surface area contributed by atoms with E-state index in [2.05, 4.69) is 15.4 Å². The Bertz CT molecular complexity index is 539. The van der Waals surface area contributed by atoms with Crippen molar-refractivity contribution < 1.29 is 18.7 Å². The monoisotopic (exact) mass is 280 g/mol. The summed E-state index contributed by atoms with van der Waals surface area (Å²) in [6.45, 7) is 2.55. The number of carbonyl (C=O) groups is 2. The van der Waals surface area contributed by atoms with Crippen molar-refractivity contribution in [2.24, 2.45) is 0 Å². The Morgan fingerprint density at radius 2 is 2.20 bits per heavy atom. The number of anilines is 1. The summed E-state index contributed by atoms with van der Waals surface area (Å²) >= 11 is 0. The summed E-state index contributed by atoms with van der Waals surface area (Å²) in [5.41, 5.74) is -0.444. The Labute approximate surface area is 116 Å². The molecule has 0 spiro atoms. The topological polar surface area (TPSA) is 67.4 Å². The predicted octanol–water partition coefficient (Wildman–Crippen LogP) is 1.69. The highest BCUT2D eigenvalue weighted by molar-refractivity contribution is 6.04. The van der Waals surface area contributed by atoms with E-state index in [0.29, 0.717) is 6.42 Å². The molecule has 1 saturated heterocycles. The van der Waals surface area contributed by atoms with Crippen LogP contribution in [-0.4, -0.2) is 31.1 Å². The van der Waals surface area contributed by atoms with Gasteiger partial charge in [-0.05, 0) is 44.5 Å². The number of benzene rings is 1. The van der Waals surface area contributed by atoms with Crippen LogP contribution < -0.4 is 10.6 Å². The lowest BCUT2D eigenvalue weighted by atomic mass is 9.99. The third kappa shape index (κ3) is 2.80. The normalized spacial score (nSPS) is 21.6. The van der Waals surface area contributed by atoms with E-state index in [-0.39, 0.29) is 17.2 Å². The fraction of sp³-hybridized carbons (Fsp3) is 0.429. The molecule has 0 aromatic heterocycles. The summed E-state index contributed by atoms with van der Waals surface area (Å²) in [6, 6.07) is 3.56. The molecular weight excluding hydrogens is 263 g/mol. The van der Waals surface area contributed by atoms with Crippen LogP contribution in [0.2, 0.25) is 0 Å². The lowest BCUT2D eigenvalue weighted by Gasteiger charge is -2.23. The molecule has 1 atom stereocenters. The second-order valence-corrected chi connectivity index (χ2v) is 5.00. The van der Waals surface area contributed by atoms with Crippen LogP contribution in [0.3, 0.4) is 0 Å². The molecule has 1 fully saturated rings. The Balaban J connectivity index is 2.26. The van der Waals surface area contributed by atoms with Crippen molar-refractivity contribution >= 4 is 17.6 Å². The van der Waals surface area contributed by atoms with Crippen LogP contribution in [0.25, 0.3) is 0 Å². The summed E-state index contributed by atoms with van der Waals surface area (Å²) in [7, 11) is 1.23. The van der Waals surface area contributed by atoms with Crippen LogP contribution in [0.4, 0.5) is 10.1 Å². The van der Waals surface area contributed by atoms with E-state index in [0.717, 1.165) is 25.1 Å². The maximum Gasteiger partial charge on any atom is 0.339 e. The zero-order valence-electron chi connectivity index (χ0n) is 11.5. The second kappa shape index (κ2) is 5.58. The first-order valence-corrected chi connectivity index (χ1v) is 6.40. The predicted molar refractivity (Wildman–Crippen MR) is 72.0 cm³/mol. The Kier molecular flexibility index (Phi) is 4.04. The number of nitrogens with one attached hydrogen (secondary N) is 2. The van der Waals surface area contributed by atoms with Crippen molar-refractivity contribution in [2.75, 3.05) is 19.0 Å². The quantitative estimate of drug-likeness (QED) is 0.827. The van der Waals surface area contributed by atoms with Crippen LogP contribution >= 0.6 is 0 Å². The first-order valence-electron chi connectivity index (χ1n) is 6.40. The van der Waals surface area contributed by atoms with Crippen LogP contribution in [0.5, 0.6) is 0 Å². The van der Waals surface area contributed by atoms with Gasteiger partial charge in [-0.25, -0.2) is 9.18 Å². The highest BCUT2D eigenvalue weighted by Crippen LogP contribution is 2.23. The Hall–Kier alpha value is -1.95. The number of carbonyl (C=O) groups excluding carboxylic acids is 2. The van der Waals surface area contributed by atoms with Gasteiger partial charge in [0.25, 0.3) is 0 Å². The molecular formula is C14H17FN2O3. The molecule has 1 unspecified atom stereocenters. The summed E-state index contributed by atoms with van der Waals surface area (Å²) in [5, 5.41) is 5.72. The number of ether oxygens (including phenoxy) is 1. The molecule has 1 heterocycles. The van der Waals surface area contributed by atoms with Crippen molar-refractivity contribution in [2.45, 2.75) is 25.3 Å². The third-order valence-corrected chi connectivity index (χ3v) is 3.50. The molecule has 0 saturated carbocycles. The maximum absolute atomic E-state index is 13.3. The SMILES string of the molecule is COC(=O)c1ccc(F)cc1NC(=O)C1(C)CCCN1. The molecule has 20 heavy (non-hydrogen) atoms. The molecule has 0 aliphatic carbocycles. The number of halogens is 1. The van der Waals surface area contributed by atoms with Gasteiger partial charge in [-0.1, -0.05) is 0 Å². The number of amides is 1. The lowest BCUT2D eigenvalue weighted by molar-refractivity contribution is -0.121. The number of rotatable bonds is 3. The number of hydrogen-bond donors (Lipinski definition) is 2. The van der Waals surface area contributed by atoms with E-state index < -0.39 is 17.3 Å². The van der Waals surface area contributed by atoms with Gasteiger partial charge in [0.2, 0.25) is 5.91 Å². The van der Waals surface area contributed by atoms with Crippen molar-refractivity contribution in [3.8, 4) is 0 Å². The summed E-state index contributed by atoms with van der Waals surface area (Å²) in [6.07, 6.45) is 1.60. The number of methoxy groups -OCH3 is 1. The fourth-order valence-corrected chi connectivity index (χ4v) is 2.26. The van der Waals surface area contributed by atoms with Gasteiger partial charge >= 0.3 is 5.97 Å². The first kappa shape index (κ1) is 14.5. The van der Waals surface area contributed by atoms with Crippen LogP contribution in [0.15, 0.2) is 18.2 Å². The molecule has 5 nitrogen and oxygen atoms in total. The van der Waals surface area contributed by atoms with Crippen molar-refractivity contribution in [1.29, 1.82) is 0 Å². The standard InChI is InChI=1S/C14H17FN2O3/c1-14(6-3-7-16-14)13(19)17-11-8-9(15)4-5-10(11)12(18)20-2/h4-5,8,16H,3,6-7H2,1-2H3,(H,17,19). The molecule has 0 bridgehead atoms. The second-order valence-electron chi connectivity index (χ2n) is 5.00. The number of hydrogen-bond acceptors (Lipinski definition) is 4. The van der Waals surface area contributed by atoms with Gasteiger partial charge in [0.1, 0.15) is 5.82 Å². The van der Waals surface area contributed by atoms with Gasteiger partial charge in [0.05, 0.1) is 23.9 Å². The molecule has 1 aromatic rings. The zero-order chi connectivity index (χ0) is 14.8. The van der Waals surface area contributed by atoms with Gasteiger partial charge in [0.15, 0.2) is 0 Å². The molecule has 1 aromatic carbocycles. The van der Waals surface area contributed by atoms with E-state index in [4.69, 9.17) is 0 Å². The van der Waals surface area contributed by atoms with E-state index in [1.54, 1.807) is 6.92 Å². The Morgan fingerprint density at radius 3 is 2.80 bits per heavy atom. The van der Waals surface area contributed by atoms with Gasteiger partial charge in [-0.2, -0.15) is 0 Å². The van der Waals surface area contributed by atoms with E-state index in [1.165, 1.54) is 13.2 Å². The highest BCUT2D eigenvalue weighted by atomic mass is 19.1. The molecule has 1 amide bonds. The molecule has 6 heteroatoms. The fourth-order valence-electron chi connectivity index (χ4n) is 2.26. The van der Waals surface area contributed by atoms with E-state index in [1.807, 2.05) is 0 Å². The average molecular weight is 280 g/mol. The van der Waals surface area contributed by atoms with Gasteiger partial charge < -0.3 is 15.4 Å². The minimum absolute atomic E-state index is 0.122. The minimum atomic E-state index is -0.695. The first-order chi connectivity index (χ1) is 9.46. The highest BCUT2D eigenvalue weighted by Gasteiger charge is 2.36. The van der Waals surface area contributed by atoms with Gasteiger partial charge in [-0.3, -0.25) is 4.79 Å². The molecule has 1 aliphatic heterocycles.